The van der Waals surface area contributed by atoms with Crippen LogP contribution in [0.25, 0.3) is 0 Å². The summed E-state index contributed by atoms with van der Waals surface area (Å²) in [5.74, 6) is 1.27. The van der Waals surface area contributed by atoms with Gasteiger partial charge in [-0.1, -0.05) is 0 Å². The normalized spacial score (nSPS) is 15.4. The second kappa shape index (κ2) is 6.61. The van der Waals surface area contributed by atoms with Crippen molar-refractivity contribution in [2.75, 3.05) is 13.7 Å². The summed E-state index contributed by atoms with van der Waals surface area (Å²) < 4.78 is 5.04. The molecule has 1 aromatic carbocycles. The van der Waals surface area contributed by atoms with Gasteiger partial charge in [-0.3, -0.25) is 4.79 Å². The fourth-order valence-corrected chi connectivity index (χ4v) is 1.75. The molecule has 18 heavy (non-hydrogen) atoms. The number of nitrogens with two attached hydrogens (primary N) is 1. The molecular weight excluding hydrogens is 252 g/mol. The van der Waals surface area contributed by atoms with Gasteiger partial charge in [0.05, 0.1) is 7.11 Å². The quantitative estimate of drug-likeness (QED) is 0.854. The van der Waals surface area contributed by atoms with Crippen molar-refractivity contribution in [1.82, 2.24) is 5.32 Å². The van der Waals surface area contributed by atoms with Crippen LogP contribution in [-0.2, 0) is 0 Å². The average molecular weight is 271 g/mol. The second-order valence-corrected chi connectivity index (χ2v) is 4.44. The van der Waals surface area contributed by atoms with Gasteiger partial charge in [0, 0.05) is 18.2 Å². The van der Waals surface area contributed by atoms with E-state index in [0.29, 0.717) is 18.0 Å². The van der Waals surface area contributed by atoms with Crippen molar-refractivity contribution in [3.8, 4) is 5.75 Å². The molecule has 0 heterocycles. The molecule has 1 aliphatic carbocycles. The van der Waals surface area contributed by atoms with Crippen LogP contribution in [0.1, 0.15) is 23.2 Å². The lowest BCUT2D eigenvalue weighted by molar-refractivity contribution is 0.0950. The highest BCUT2D eigenvalue weighted by Gasteiger charge is 2.28. The standard InChI is InChI=1S/C13H18N2O2.ClH/c1-17-11-6-4-10(5-7-11)13(16)15-8-12(14)9-2-3-9;/h4-7,9,12H,2-3,8,14H2,1H3,(H,15,16);1H. The Kier molecular flexibility index (Phi) is 5.44. The van der Waals surface area contributed by atoms with Gasteiger partial charge in [0.1, 0.15) is 5.75 Å². The smallest absolute Gasteiger partial charge is 0.251 e. The van der Waals surface area contributed by atoms with Crippen LogP contribution in [-0.4, -0.2) is 25.6 Å². The van der Waals surface area contributed by atoms with Gasteiger partial charge < -0.3 is 15.8 Å². The lowest BCUT2D eigenvalue weighted by atomic mass is 10.1. The van der Waals surface area contributed by atoms with Gasteiger partial charge >= 0.3 is 0 Å². The maximum atomic E-state index is 11.8. The van der Waals surface area contributed by atoms with E-state index in [0.717, 1.165) is 5.75 Å². The maximum Gasteiger partial charge on any atom is 0.251 e. The second-order valence-electron chi connectivity index (χ2n) is 4.44. The number of carbonyl (C=O) groups is 1. The van der Waals surface area contributed by atoms with E-state index < -0.39 is 0 Å². The summed E-state index contributed by atoms with van der Waals surface area (Å²) in [6.45, 7) is 0.551. The third kappa shape index (κ3) is 3.89. The first-order valence-corrected chi connectivity index (χ1v) is 5.88. The van der Waals surface area contributed by atoms with Crippen molar-refractivity contribution in [3.05, 3.63) is 29.8 Å². The summed E-state index contributed by atoms with van der Waals surface area (Å²) in [5, 5.41) is 2.85. The van der Waals surface area contributed by atoms with E-state index >= 15 is 0 Å². The summed E-state index contributed by atoms with van der Waals surface area (Å²) in [5.41, 5.74) is 6.55. The highest BCUT2D eigenvalue weighted by Crippen LogP contribution is 2.31. The Hall–Kier alpha value is -1.26. The number of benzene rings is 1. The van der Waals surface area contributed by atoms with Crippen LogP contribution in [0.2, 0.25) is 0 Å². The van der Waals surface area contributed by atoms with Crippen LogP contribution in [0.3, 0.4) is 0 Å². The van der Waals surface area contributed by atoms with Crippen LogP contribution < -0.4 is 15.8 Å². The number of nitrogens with one attached hydrogen (secondary N) is 1. The molecule has 2 rings (SSSR count). The Labute approximate surface area is 113 Å². The topological polar surface area (TPSA) is 64.3 Å². The molecule has 0 aliphatic heterocycles. The average Bonchev–Trinajstić information content (AvgIpc) is 3.20. The van der Waals surface area contributed by atoms with Crippen molar-refractivity contribution in [1.29, 1.82) is 0 Å². The number of halogens is 1. The number of hydrogen-bond acceptors (Lipinski definition) is 3. The van der Waals surface area contributed by atoms with Gasteiger partial charge in [-0.15, -0.1) is 12.4 Å². The zero-order valence-corrected chi connectivity index (χ0v) is 11.2. The van der Waals surface area contributed by atoms with Gasteiger partial charge in [0.2, 0.25) is 0 Å². The van der Waals surface area contributed by atoms with Crippen molar-refractivity contribution in [2.24, 2.45) is 11.7 Å². The Morgan fingerprint density at radius 3 is 2.56 bits per heavy atom. The van der Waals surface area contributed by atoms with E-state index in [9.17, 15) is 4.79 Å². The van der Waals surface area contributed by atoms with Gasteiger partial charge in [0.15, 0.2) is 0 Å². The summed E-state index contributed by atoms with van der Waals surface area (Å²) in [6, 6.07) is 7.14. The van der Waals surface area contributed by atoms with Crippen molar-refractivity contribution < 1.29 is 9.53 Å². The molecule has 1 aromatic rings. The molecule has 100 valence electrons. The molecule has 1 unspecified atom stereocenters. The van der Waals surface area contributed by atoms with Crippen LogP contribution in [0.15, 0.2) is 24.3 Å². The molecular formula is C13H19ClN2O2. The third-order valence-corrected chi connectivity index (χ3v) is 3.08. The number of rotatable bonds is 5. The predicted molar refractivity (Wildman–Crippen MR) is 73.3 cm³/mol. The molecule has 1 fully saturated rings. The number of carbonyl (C=O) groups excluding carboxylic acids is 1. The predicted octanol–water partition coefficient (Wildman–Crippen LogP) is 1.58. The summed E-state index contributed by atoms with van der Waals surface area (Å²) in [7, 11) is 1.60. The fourth-order valence-electron chi connectivity index (χ4n) is 1.75. The van der Waals surface area contributed by atoms with Gasteiger partial charge in [-0.2, -0.15) is 0 Å². The molecule has 1 amide bonds. The summed E-state index contributed by atoms with van der Waals surface area (Å²) in [6.07, 6.45) is 2.39. The number of amides is 1. The van der Waals surface area contributed by atoms with Crippen LogP contribution in [0.4, 0.5) is 0 Å². The minimum atomic E-state index is -0.0799. The summed E-state index contributed by atoms with van der Waals surface area (Å²) in [4.78, 5) is 11.8. The SMILES string of the molecule is COc1ccc(C(=O)NCC(N)C2CC2)cc1.Cl. The first-order valence-electron chi connectivity index (χ1n) is 5.88. The Bertz CT molecular complexity index is 390. The van der Waals surface area contributed by atoms with Crippen LogP contribution in [0.5, 0.6) is 5.75 Å². The van der Waals surface area contributed by atoms with Gasteiger partial charge in [-0.25, -0.2) is 0 Å². The van der Waals surface area contributed by atoms with E-state index in [2.05, 4.69) is 5.32 Å². The van der Waals surface area contributed by atoms with Crippen molar-refractivity contribution in [2.45, 2.75) is 18.9 Å². The number of methoxy groups -OCH3 is 1. The molecule has 4 nitrogen and oxygen atoms in total. The first kappa shape index (κ1) is 14.8. The lowest BCUT2D eigenvalue weighted by Crippen LogP contribution is -2.38. The zero-order valence-electron chi connectivity index (χ0n) is 10.4. The molecule has 1 saturated carbocycles. The molecule has 1 aliphatic rings. The molecule has 3 N–H and O–H groups in total. The largest absolute Gasteiger partial charge is 0.497 e. The lowest BCUT2D eigenvalue weighted by Gasteiger charge is -2.11. The monoisotopic (exact) mass is 270 g/mol. The number of ether oxygens (including phenoxy) is 1. The van der Waals surface area contributed by atoms with E-state index in [1.54, 1.807) is 31.4 Å². The Morgan fingerprint density at radius 2 is 2.06 bits per heavy atom. The van der Waals surface area contributed by atoms with Gasteiger partial charge in [-0.05, 0) is 43.0 Å². The molecule has 5 heteroatoms. The molecule has 0 saturated heterocycles. The first-order chi connectivity index (χ1) is 8.20. The minimum Gasteiger partial charge on any atom is -0.497 e. The molecule has 1 atom stereocenters. The van der Waals surface area contributed by atoms with Crippen molar-refractivity contribution >= 4 is 18.3 Å². The Balaban J connectivity index is 0.00000162. The number of hydrogen-bond donors (Lipinski definition) is 2. The molecule has 0 spiro atoms. The van der Waals surface area contributed by atoms with E-state index in [4.69, 9.17) is 10.5 Å². The highest BCUT2D eigenvalue weighted by molar-refractivity contribution is 5.94. The van der Waals surface area contributed by atoms with E-state index in [1.807, 2.05) is 0 Å². The van der Waals surface area contributed by atoms with Crippen molar-refractivity contribution in [3.63, 3.8) is 0 Å². The minimum absolute atomic E-state index is 0. The van der Waals surface area contributed by atoms with Gasteiger partial charge in [0.25, 0.3) is 5.91 Å². The fraction of sp³-hybridized carbons (Fsp3) is 0.462. The third-order valence-electron chi connectivity index (χ3n) is 3.08. The maximum absolute atomic E-state index is 11.8. The van der Waals surface area contributed by atoms with Crippen LogP contribution in [0, 0.1) is 5.92 Å². The summed E-state index contributed by atoms with van der Waals surface area (Å²) >= 11 is 0. The highest BCUT2D eigenvalue weighted by atomic mass is 35.5. The van der Waals surface area contributed by atoms with E-state index in [-0.39, 0.29) is 24.4 Å². The Morgan fingerprint density at radius 1 is 1.44 bits per heavy atom. The van der Waals surface area contributed by atoms with Crippen LogP contribution >= 0.6 is 12.4 Å². The molecule has 0 aromatic heterocycles. The van der Waals surface area contributed by atoms with E-state index in [1.165, 1.54) is 12.8 Å². The molecule has 0 radical (unpaired) electrons. The zero-order chi connectivity index (χ0) is 12.3. The molecule has 0 bridgehead atoms.